The fourth-order valence-corrected chi connectivity index (χ4v) is 5.55. The molecule has 1 aromatic rings. The standard InChI is InChI=1S/C16H23NO3S/c1-10-7-16(11(2)6-15(10)20-3)21(18,19)17-14-9-12-4-5-13(14)8-12/h6-7,12-14,17H,4-5,8-9H2,1-3H3/t12-,13-,14+/m1/s1. The molecule has 2 fully saturated rings. The summed E-state index contributed by atoms with van der Waals surface area (Å²) in [6.45, 7) is 3.69. The van der Waals surface area contributed by atoms with Crippen molar-refractivity contribution in [1.29, 1.82) is 0 Å². The number of rotatable bonds is 4. The number of nitrogens with one attached hydrogen (secondary N) is 1. The lowest BCUT2D eigenvalue weighted by Crippen LogP contribution is -2.38. The highest BCUT2D eigenvalue weighted by molar-refractivity contribution is 7.89. The van der Waals surface area contributed by atoms with Gasteiger partial charge in [-0.2, -0.15) is 0 Å². The molecule has 0 spiro atoms. The number of benzene rings is 1. The number of hydrogen-bond acceptors (Lipinski definition) is 3. The van der Waals surface area contributed by atoms with Crippen LogP contribution in [0.25, 0.3) is 0 Å². The van der Waals surface area contributed by atoms with E-state index in [0.29, 0.717) is 10.8 Å². The predicted octanol–water partition coefficient (Wildman–Crippen LogP) is 2.78. The number of aryl methyl sites for hydroxylation is 2. The molecule has 2 aliphatic rings. The summed E-state index contributed by atoms with van der Waals surface area (Å²) in [5.74, 6) is 1.98. The zero-order valence-corrected chi connectivity index (χ0v) is 13.7. The second-order valence-corrected chi connectivity index (χ2v) is 8.17. The van der Waals surface area contributed by atoms with E-state index in [9.17, 15) is 8.42 Å². The van der Waals surface area contributed by atoms with Crippen molar-refractivity contribution >= 4 is 10.0 Å². The average Bonchev–Trinajstić information content (AvgIpc) is 3.02. The first-order valence-electron chi connectivity index (χ1n) is 7.58. The Bertz CT molecular complexity index is 654. The van der Waals surface area contributed by atoms with Crippen LogP contribution in [0.4, 0.5) is 0 Å². The van der Waals surface area contributed by atoms with Gasteiger partial charge in [0.1, 0.15) is 5.75 Å². The van der Waals surface area contributed by atoms with Crippen LogP contribution in [0.2, 0.25) is 0 Å². The summed E-state index contributed by atoms with van der Waals surface area (Å²) in [7, 11) is -1.85. The third-order valence-corrected chi connectivity index (χ3v) is 6.66. The lowest BCUT2D eigenvalue weighted by molar-refractivity contribution is 0.390. The fourth-order valence-electron chi connectivity index (χ4n) is 3.92. The fraction of sp³-hybridized carbons (Fsp3) is 0.625. The van der Waals surface area contributed by atoms with Gasteiger partial charge in [0.05, 0.1) is 12.0 Å². The molecule has 0 radical (unpaired) electrons. The summed E-state index contributed by atoms with van der Waals surface area (Å²) in [6, 6.07) is 3.63. The quantitative estimate of drug-likeness (QED) is 0.930. The third kappa shape index (κ3) is 2.69. The van der Waals surface area contributed by atoms with E-state index >= 15 is 0 Å². The van der Waals surface area contributed by atoms with E-state index in [-0.39, 0.29) is 6.04 Å². The first kappa shape index (κ1) is 14.9. The van der Waals surface area contributed by atoms with Gasteiger partial charge in [0.15, 0.2) is 0 Å². The van der Waals surface area contributed by atoms with E-state index in [2.05, 4.69) is 4.72 Å². The molecule has 0 heterocycles. The van der Waals surface area contributed by atoms with Crippen LogP contribution in [0.1, 0.15) is 36.8 Å². The molecule has 3 rings (SSSR count). The first-order valence-corrected chi connectivity index (χ1v) is 9.06. The van der Waals surface area contributed by atoms with Crippen LogP contribution in [0.3, 0.4) is 0 Å². The van der Waals surface area contributed by atoms with E-state index in [1.54, 1.807) is 19.2 Å². The molecule has 1 aromatic carbocycles. The Kier molecular flexibility index (Phi) is 3.74. The second-order valence-electron chi connectivity index (χ2n) is 6.49. The summed E-state index contributed by atoms with van der Waals surface area (Å²) < 4.78 is 33.6. The van der Waals surface area contributed by atoms with Crippen LogP contribution in [0, 0.1) is 25.7 Å². The summed E-state index contributed by atoms with van der Waals surface area (Å²) in [6.07, 6.45) is 4.62. The number of hydrogen-bond donors (Lipinski definition) is 1. The Hall–Kier alpha value is -1.07. The molecule has 2 saturated carbocycles. The maximum Gasteiger partial charge on any atom is 0.241 e. The van der Waals surface area contributed by atoms with E-state index in [4.69, 9.17) is 4.74 Å². The molecule has 0 aliphatic heterocycles. The third-order valence-electron chi connectivity index (χ3n) is 5.03. The highest BCUT2D eigenvalue weighted by Gasteiger charge is 2.41. The highest BCUT2D eigenvalue weighted by atomic mass is 32.2. The molecule has 2 bridgehead atoms. The van der Waals surface area contributed by atoms with Crippen molar-refractivity contribution in [2.24, 2.45) is 11.8 Å². The van der Waals surface area contributed by atoms with Crippen LogP contribution < -0.4 is 9.46 Å². The van der Waals surface area contributed by atoms with Gasteiger partial charge in [0, 0.05) is 6.04 Å². The smallest absolute Gasteiger partial charge is 0.241 e. The molecule has 116 valence electrons. The molecule has 3 atom stereocenters. The monoisotopic (exact) mass is 309 g/mol. The zero-order valence-electron chi connectivity index (χ0n) is 12.8. The van der Waals surface area contributed by atoms with Gasteiger partial charge in [-0.3, -0.25) is 0 Å². The molecular weight excluding hydrogens is 286 g/mol. The summed E-state index contributed by atoms with van der Waals surface area (Å²) in [5, 5.41) is 0. The predicted molar refractivity (Wildman–Crippen MR) is 82.0 cm³/mol. The van der Waals surface area contributed by atoms with Gasteiger partial charge in [0.2, 0.25) is 10.0 Å². The van der Waals surface area contributed by atoms with Crippen molar-refractivity contribution in [3.8, 4) is 5.75 Å². The molecule has 5 heteroatoms. The van der Waals surface area contributed by atoms with Gasteiger partial charge < -0.3 is 4.74 Å². The van der Waals surface area contributed by atoms with Crippen LogP contribution in [0.5, 0.6) is 5.75 Å². The van der Waals surface area contributed by atoms with Crippen molar-refractivity contribution < 1.29 is 13.2 Å². The minimum Gasteiger partial charge on any atom is -0.496 e. The minimum absolute atomic E-state index is 0.121. The lowest BCUT2D eigenvalue weighted by Gasteiger charge is -2.23. The topological polar surface area (TPSA) is 55.4 Å². The molecule has 0 saturated heterocycles. The van der Waals surface area contributed by atoms with Crippen molar-refractivity contribution in [2.75, 3.05) is 7.11 Å². The van der Waals surface area contributed by atoms with E-state index in [1.165, 1.54) is 19.3 Å². The lowest BCUT2D eigenvalue weighted by atomic mass is 9.96. The van der Waals surface area contributed by atoms with Crippen LogP contribution in [-0.2, 0) is 10.0 Å². The maximum absolute atomic E-state index is 12.7. The largest absolute Gasteiger partial charge is 0.496 e. The van der Waals surface area contributed by atoms with E-state index in [1.807, 2.05) is 13.8 Å². The zero-order chi connectivity index (χ0) is 15.2. The molecule has 0 unspecified atom stereocenters. The van der Waals surface area contributed by atoms with Crippen LogP contribution in [0.15, 0.2) is 17.0 Å². The number of ether oxygens (including phenoxy) is 1. The van der Waals surface area contributed by atoms with Gasteiger partial charge in [-0.05, 0) is 68.2 Å². The molecule has 2 aliphatic carbocycles. The SMILES string of the molecule is COc1cc(C)c(S(=O)(=O)N[C@H]2C[C@@H]3CC[C@@H]2C3)cc1C. The van der Waals surface area contributed by atoms with Crippen LogP contribution >= 0.6 is 0 Å². The number of sulfonamides is 1. The van der Waals surface area contributed by atoms with Crippen molar-refractivity contribution in [2.45, 2.75) is 50.5 Å². The molecule has 1 N–H and O–H groups in total. The van der Waals surface area contributed by atoms with Crippen molar-refractivity contribution in [3.63, 3.8) is 0 Å². The summed E-state index contributed by atoms with van der Waals surface area (Å²) in [5.41, 5.74) is 1.57. The summed E-state index contributed by atoms with van der Waals surface area (Å²) >= 11 is 0. The maximum atomic E-state index is 12.7. The second kappa shape index (κ2) is 5.29. The Morgan fingerprint density at radius 2 is 1.90 bits per heavy atom. The minimum atomic E-state index is -3.45. The molecule has 0 aromatic heterocycles. The number of fused-ring (bicyclic) bond motifs is 2. The highest BCUT2D eigenvalue weighted by Crippen LogP contribution is 2.45. The number of methoxy groups -OCH3 is 1. The molecule has 21 heavy (non-hydrogen) atoms. The Balaban J connectivity index is 1.86. The van der Waals surface area contributed by atoms with Crippen molar-refractivity contribution in [1.82, 2.24) is 4.72 Å². The van der Waals surface area contributed by atoms with E-state index in [0.717, 1.165) is 29.2 Å². The summed E-state index contributed by atoms with van der Waals surface area (Å²) in [4.78, 5) is 0.378. The first-order chi connectivity index (χ1) is 9.90. The van der Waals surface area contributed by atoms with Crippen LogP contribution in [-0.4, -0.2) is 21.6 Å². The molecule has 4 nitrogen and oxygen atoms in total. The van der Waals surface area contributed by atoms with Gasteiger partial charge >= 0.3 is 0 Å². The van der Waals surface area contributed by atoms with E-state index < -0.39 is 10.0 Å². The van der Waals surface area contributed by atoms with Gasteiger partial charge in [0.25, 0.3) is 0 Å². The van der Waals surface area contributed by atoms with Crippen molar-refractivity contribution in [3.05, 3.63) is 23.3 Å². The Morgan fingerprint density at radius 1 is 1.14 bits per heavy atom. The molecule has 0 amide bonds. The van der Waals surface area contributed by atoms with Gasteiger partial charge in [-0.1, -0.05) is 6.42 Å². The van der Waals surface area contributed by atoms with Gasteiger partial charge in [-0.25, -0.2) is 13.1 Å². The van der Waals surface area contributed by atoms with Gasteiger partial charge in [-0.15, -0.1) is 0 Å². The molecular formula is C16H23NO3S. The Morgan fingerprint density at radius 3 is 2.48 bits per heavy atom. The normalized spacial score (nSPS) is 28.0. The average molecular weight is 309 g/mol. The Labute approximate surface area is 126 Å².